The van der Waals surface area contributed by atoms with Gasteiger partial charge in [0.05, 0.1) is 0 Å². The highest BCUT2D eigenvalue weighted by Crippen LogP contribution is 2.25. The fourth-order valence-electron chi connectivity index (χ4n) is 1.53. The number of nitrogens with zero attached hydrogens (tertiary/aromatic N) is 1. The third kappa shape index (κ3) is 2.90. The molecule has 0 aliphatic rings. The molecule has 0 radical (unpaired) electrons. The number of rotatable bonds is 3. The van der Waals surface area contributed by atoms with Crippen molar-refractivity contribution in [3.8, 4) is 0 Å². The SMILES string of the molecule is CC(O)(C(=O)NCC(F)(F)F)c1nc2ccccc2o1. The lowest BCUT2D eigenvalue weighted by atomic mass is 10.1. The number of aromatic nitrogens is 1. The van der Waals surface area contributed by atoms with Crippen molar-refractivity contribution in [1.29, 1.82) is 0 Å². The van der Waals surface area contributed by atoms with E-state index in [1.165, 1.54) is 0 Å². The molecule has 2 rings (SSSR count). The number of alkyl halides is 3. The van der Waals surface area contributed by atoms with Gasteiger partial charge in [-0.05, 0) is 19.1 Å². The minimum absolute atomic E-state index is 0.325. The zero-order valence-corrected chi connectivity index (χ0v) is 10.4. The van der Waals surface area contributed by atoms with E-state index in [0.29, 0.717) is 11.1 Å². The summed E-state index contributed by atoms with van der Waals surface area (Å²) >= 11 is 0. The highest BCUT2D eigenvalue weighted by atomic mass is 19.4. The van der Waals surface area contributed by atoms with Crippen LogP contribution in [0.1, 0.15) is 12.8 Å². The third-order valence-corrected chi connectivity index (χ3v) is 2.60. The van der Waals surface area contributed by atoms with Crippen LogP contribution in [0.15, 0.2) is 28.7 Å². The van der Waals surface area contributed by atoms with Crippen LogP contribution in [-0.4, -0.2) is 28.7 Å². The summed E-state index contributed by atoms with van der Waals surface area (Å²) in [7, 11) is 0. The fourth-order valence-corrected chi connectivity index (χ4v) is 1.53. The van der Waals surface area contributed by atoms with Crippen LogP contribution in [0.3, 0.4) is 0 Å². The van der Waals surface area contributed by atoms with E-state index in [1.54, 1.807) is 29.6 Å². The Balaban J connectivity index is 2.22. The molecular weight excluding hydrogens is 277 g/mol. The van der Waals surface area contributed by atoms with Crippen LogP contribution in [0.5, 0.6) is 0 Å². The molecule has 1 aromatic carbocycles. The number of nitrogens with one attached hydrogen (secondary N) is 1. The number of fused-ring (bicyclic) bond motifs is 1. The Bertz CT molecular complexity index is 601. The number of carbonyl (C=O) groups excluding carboxylic acids is 1. The number of aliphatic hydroxyl groups is 1. The molecule has 0 aliphatic carbocycles. The molecule has 8 heteroatoms. The van der Waals surface area contributed by atoms with Gasteiger partial charge in [-0.2, -0.15) is 13.2 Å². The Morgan fingerprint density at radius 1 is 1.40 bits per heavy atom. The predicted octanol–water partition coefficient (Wildman–Crippen LogP) is 1.71. The molecule has 2 aromatic rings. The summed E-state index contributed by atoms with van der Waals surface area (Å²) in [5.74, 6) is -1.60. The number of carbonyl (C=O) groups is 1. The highest BCUT2D eigenvalue weighted by Gasteiger charge is 2.40. The molecule has 1 unspecified atom stereocenters. The van der Waals surface area contributed by atoms with Gasteiger partial charge in [0.2, 0.25) is 11.5 Å². The number of benzene rings is 1. The van der Waals surface area contributed by atoms with E-state index in [1.807, 2.05) is 0 Å². The van der Waals surface area contributed by atoms with Crippen LogP contribution >= 0.6 is 0 Å². The normalized spacial score (nSPS) is 15.1. The second-order valence-corrected chi connectivity index (χ2v) is 4.36. The number of oxazole rings is 1. The van der Waals surface area contributed by atoms with Crippen molar-refractivity contribution in [3.05, 3.63) is 30.2 Å². The minimum atomic E-state index is -4.56. The lowest BCUT2D eigenvalue weighted by molar-refractivity contribution is -0.151. The van der Waals surface area contributed by atoms with Crippen LogP contribution in [0, 0.1) is 0 Å². The molecule has 0 spiro atoms. The van der Waals surface area contributed by atoms with Crippen molar-refractivity contribution < 1.29 is 27.5 Å². The summed E-state index contributed by atoms with van der Waals surface area (Å²) < 4.78 is 41.3. The molecular formula is C12H11F3N2O3. The Morgan fingerprint density at radius 2 is 2.05 bits per heavy atom. The maximum Gasteiger partial charge on any atom is 0.405 e. The van der Waals surface area contributed by atoms with Gasteiger partial charge in [0, 0.05) is 0 Å². The maximum absolute atomic E-state index is 12.0. The van der Waals surface area contributed by atoms with E-state index in [2.05, 4.69) is 4.98 Å². The van der Waals surface area contributed by atoms with Crippen LogP contribution in [0.4, 0.5) is 13.2 Å². The molecule has 1 aromatic heterocycles. The minimum Gasteiger partial charge on any atom is -0.437 e. The highest BCUT2D eigenvalue weighted by molar-refractivity contribution is 5.85. The average Bonchev–Trinajstić information content (AvgIpc) is 2.79. The Labute approximate surface area is 111 Å². The first kappa shape index (κ1) is 14.3. The average molecular weight is 288 g/mol. The van der Waals surface area contributed by atoms with Crippen molar-refractivity contribution in [2.45, 2.75) is 18.7 Å². The Morgan fingerprint density at radius 3 is 2.65 bits per heavy atom. The number of amides is 1. The molecule has 20 heavy (non-hydrogen) atoms. The molecule has 5 nitrogen and oxygen atoms in total. The van der Waals surface area contributed by atoms with Gasteiger partial charge in [0.25, 0.3) is 5.91 Å². The van der Waals surface area contributed by atoms with Gasteiger partial charge >= 0.3 is 6.18 Å². The van der Waals surface area contributed by atoms with Gasteiger partial charge in [-0.1, -0.05) is 12.1 Å². The van der Waals surface area contributed by atoms with E-state index >= 15 is 0 Å². The van der Waals surface area contributed by atoms with Crippen molar-refractivity contribution in [3.63, 3.8) is 0 Å². The lowest BCUT2D eigenvalue weighted by Crippen LogP contribution is -2.45. The number of halogens is 3. The van der Waals surface area contributed by atoms with Crippen LogP contribution in [0.25, 0.3) is 11.1 Å². The molecule has 1 heterocycles. The van der Waals surface area contributed by atoms with Gasteiger partial charge in [-0.3, -0.25) is 4.79 Å². The quantitative estimate of drug-likeness (QED) is 0.901. The number of para-hydroxylation sites is 2. The zero-order chi connectivity index (χ0) is 15.0. The smallest absolute Gasteiger partial charge is 0.405 e. The summed E-state index contributed by atoms with van der Waals surface area (Å²) in [6.07, 6.45) is -4.56. The standard InChI is InChI=1S/C12H11F3N2O3/c1-11(19,9(18)16-6-12(13,14)15)10-17-7-4-2-3-5-8(7)20-10/h2-5,19H,6H2,1H3,(H,16,18). The summed E-state index contributed by atoms with van der Waals surface area (Å²) in [4.78, 5) is 15.5. The molecule has 0 bridgehead atoms. The van der Waals surface area contributed by atoms with E-state index < -0.39 is 24.2 Å². The van der Waals surface area contributed by atoms with Crippen molar-refractivity contribution in [1.82, 2.24) is 10.3 Å². The monoisotopic (exact) mass is 288 g/mol. The van der Waals surface area contributed by atoms with E-state index in [9.17, 15) is 23.1 Å². The first-order chi connectivity index (χ1) is 9.20. The summed E-state index contributed by atoms with van der Waals surface area (Å²) in [5, 5.41) is 11.6. The van der Waals surface area contributed by atoms with Gasteiger partial charge in [-0.15, -0.1) is 0 Å². The number of hydrogen-bond acceptors (Lipinski definition) is 4. The molecule has 0 saturated carbocycles. The Kier molecular flexibility index (Phi) is 3.43. The third-order valence-electron chi connectivity index (χ3n) is 2.60. The molecule has 0 aliphatic heterocycles. The van der Waals surface area contributed by atoms with Gasteiger partial charge in [0.1, 0.15) is 12.1 Å². The first-order valence-corrected chi connectivity index (χ1v) is 5.63. The van der Waals surface area contributed by atoms with Crippen molar-refractivity contribution in [2.75, 3.05) is 6.54 Å². The number of hydrogen-bond donors (Lipinski definition) is 2. The summed E-state index contributed by atoms with van der Waals surface area (Å²) in [6, 6.07) is 6.49. The van der Waals surface area contributed by atoms with Crippen molar-refractivity contribution in [2.24, 2.45) is 0 Å². The van der Waals surface area contributed by atoms with E-state index in [0.717, 1.165) is 6.92 Å². The van der Waals surface area contributed by atoms with Gasteiger partial charge in [0.15, 0.2) is 5.58 Å². The van der Waals surface area contributed by atoms with Gasteiger partial charge in [-0.25, -0.2) is 4.98 Å². The van der Waals surface area contributed by atoms with Crippen LogP contribution in [-0.2, 0) is 10.4 Å². The van der Waals surface area contributed by atoms with Crippen LogP contribution in [0.2, 0.25) is 0 Å². The predicted molar refractivity (Wildman–Crippen MR) is 62.6 cm³/mol. The Hall–Kier alpha value is -2.09. The van der Waals surface area contributed by atoms with Crippen LogP contribution < -0.4 is 5.32 Å². The zero-order valence-electron chi connectivity index (χ0n) is 10.4. The molecule has 0 saturated heterocycles. The molecule has 108 valence electrons. The van der Waals surface area contributed by atoms with E-state index in [-0.39, 0.29) is 5.89 Å². The molecule has 0 fully saturated rings. The lowest BCUT2D eigenvalue weighted by Gasteiger charge is -2.19. The first-order valence-electron chi connectivity index (χ1n) is 5.63. The molecule has 2 N–H and O–H groups in total. The summed E-state index contributed by atoms with van der Waals surface area (Å²) in [6.45, 7) is -0.522. The molecule has 1 atom stereocenters. The van der Waals surface area contributed by atoms with E-state index in [4.69, 9.17) is 4.42 Å². The van der Waals surface area contributed by atoms with Gasteiger partial charge < -0.3 is 14.8 Å². The topological polar surface area (TPSA) is 75.4 Å². The second-order valence-electron chi connectivity index (χ2n) is 4.36. The molecule has 1 amide bonds. The second kappa shape index (κ2) is 4.78. The fraction of sp³-hybridized carbons (Fsp3) is 0.333. The maximum atomic E-state index is 12.0. The van der Waals surface area contributed by atoms with Crippen molar-refractivity contribution >= 4 is 17.0 Å². The summed E-state index contributed by atoms with van der Waals surface area (Å²) in [5.41, 5.74) is -1.57. The largest absolute Gasteiger partial charge is 0.437 e.